The molecule has 0 aliphatic rings. The summed E-state index contributed by atoms with van der Waals surface area (Å²) in [4.78, 5) is 20.9. The van der Waals surface area contributed by atoms with Crippen molar-refractivity contribution < 1.29 is 32.6 Å². The van der Waals surface area contributed by atoms with Crippen LogP contribution >= 0.6 is 11.3 Å². The van der Waals surface area contributed by atoms with E-state index in [4.69, 9.17) is 9.90 Å². The Labute approximate surface area is 115 Å². The number of thiophene rings is 1. The van der Waals surface area contributed by atoms with Crippen LogP contribution in [0.15, 0.2) is 29.6 Å². The molecule has 8 heteroatoms. The number of carboxylic acid groups (broad SMARTS) is 1. The summed E-state index contributed by atoms with van der Waals surface area (Å²) in [5.41, 5.74) is 0. The Kier molecular flexibility index (Phi) is 5.09. The zero-order valence-electron chi connectivity index (χ0n) is 10.1. The van der Waals surface area contributed by atoms with Crippen LogP contribution in [0.1, 0.15) is 9.67 Å². The molecule has 1 N–H and O–H groups in total. The van der Waals surface area contributed by atoms with E-state index in [-0.39, 0.29) is 5.97 Å². The molecule has 0 aliphatic heterocycles. The molecule has 1 aromatic heterocycles. The van der Waals surface area contributed by atoms with Gasteiger partial charge in [-0.2, -0.15) is 13.2 Å². The minimum atomic E-state index is -5.08. The van der Waals surface area contributed by atoms with Gasteiger partial charge < -0.3 is 9.84 Å². The maximum atomic E-state index is 11.3. The second-order valence-corrected chi connectivity index (χ2v) is 4.33. The molecule has 0 aliphatic carbocycles. The van der Waals surface area contributed by atoms with Crippen molar-refractivity contribution in [2.75, 3.05) is 7.11 Å². The largest absolute Gasteiger partial charge is 0.490 e. The van der Waals surface area contributed by atoms with Crippen LogP contribution in [-0.2, 0) is 9.53 Å². The van der Waals surface area contributed by atoms with Gasteiger partial charge in [0.05, 0.1) is 7.11 Å². The normalized spacial score (nSPS) is 10.6. The number of alkyl halides is 3. The summed E-state index contributed by atoms with van der Waals surface area (Å²) >= 11 is 1.42. The van der Waals surface area contributed by atoms with E-state index in [0.29, 0.717) is 4.88 Å². The van der Waals surface area contributed by atoms with Crippen LogP contribution in [0.5, 0.6) is 0 Å². The third-order valence-corrected chi connectivity index (χ3v) is 3.12. The SMILES string of the molecule is COC(=O)c1scc2ccccc12.O=C(O)C(F)(F)F. The number of hydrogen-bond donors (Lipinski definition) is 1. The highest BCUT2D eigenvalue weighted by molar-refractivity contribution is 7.13. The lowest BCUT2D eigenvalue weighted by molar-refractivity contribution is -0.192. The van der Waals surface area contributed by atoms with Crippen molar-refractivity contribution in [2.45, 2.75) is 6.18 Å². The summed E-state index contributed by atoms with van der Waals surface area (Å²) in [6, 6.07) is 7.79. The number of ether oxygens (including phenoxy) is 1. The molecule has 0 fully saturated rings. The van der Waals surface area contributed by atoms with E-state index >= 15 is 0 Å². The first-order valence-corrected chi connectivity index (χ1v) is 6.00. The number of hydrogen-bond acceptors (Lipinski definition) is 4. The summed E-state index contributed by atoms with van der Waals surface area (Å²) in [6.07, 6.45) is -5.08. The van der Waals surface area contributed by atoms with Gasteiger partial charge >= 0.3 is 18.1 Å². The van der Waals surface area contributed by atoms with Gasteiger partial charge in [-0.15, -0.1) is 11.3 Å². The molecular formula is C12H9F3O4S. The van der Waals surface area contributed by atoms with Gasteiger partial charge in [0.1, 0.15) is 4.88 Å². The summed E-state index contributed by atoms with van der Waals surface area (Å²) < 4.78 is 36.4. The second kappa shape index (κ2) is 6.38. The number of carboxylic acids is 1. The number of benzene rings is 1. The summed E-state index contributed by atoms with van der Waals surface area (Å²) in [5.74, 6) is -3.02. The fraction of sp³-hybridized carbons (Fsp3) is 0.167. The van der Waals surface area contributed by atoms with Crippen LogP contribution in [0.2, 0.25) is 0 Å². The van der Waals surface area contributed by atoms with Crippen molar-refractivity contribution in [3.63, 3.8) is 0 Å². The van der Waals surface area contributed by atoms with E-state index in [1.54, 1.807) is 0 Å². The quantitative estimate of drug-likeness (QED) is 0.821. The Balaban J connectivity index is 0.000000246. The first kappa shape index (κ1) is 16.0. The first-order chi connectivity index (χ1) is 9.27. The second-order valence-electron chi connectivity index (χ2n) is 3.45. The van der Waals surface area contributed by atoms with Crippen LogP contribution < -0.4 is 0 Å². The highest BCUT2D eigenvalue weighted by atomic mass is 32.1. The zero-order chi connectivity index (χ0) is 15.3. The van der Waals surface area contributed by atoms with Crippen molar-refractivity contribution >= 4 is 34.0 Å². The Morgan fingerprint density at radius 3 is 2.30 bits per heavy atom. The standard InChI is InChI=1S/C10H8O2S.C2HF3O2/c1-12-10(11)9-8-5-3-2-4-7(8)6-13-9;3-2(4,5)1(6)7/h2-6H,1H3;(H,6,7). The van der Waals surface area contributed by atoms with Crippen LogP contribution in [0.3, 0.4) is 0 Å². The predicted octanol–water partition coefficient (Wildman–Crippen LogP) is 3.32. The monoisotopic (exact) mass is 306 g/mol. The Bertz CT molecular complexity index is 618. The molecule has 20 heavy (non-hydrogen) atoms. The van der Waals surface area contributed by atoms with Crippen molar-refractivity contribution in [3.05, 3.63) is 34.5 Å². The number of carbonyl (C=O) groups is 2. The molecular weight excluding hydrogens is 297 g/mol. The van der Waals surface area contributed by atoms with E-state index in [9.17, 15) is 18.0 Å². The molecule has 0 atom stereocenters. The van der Waals surface area contributed by atoms with Gasteiger partial charge in [-0.1, -0.05) is 24.3 Å². The van der Waals surface area contributed by atoms with Gasteiger partial charge in [0.25, 0.3) is 0 Å². The van der Waals surface area contributed by atoms with Crippen molar-refractivity contribution in [3.8, 4) is 0 Å². The third kappa shape index (κ3) is 3.95. The van der Waals surface area contributed by atoms with Crippen LogP contribution in [0, 0.1) is 0 Å². The lowest BCUT2D eigenvalue weighted by atomic mass is 10.2. The highest BCUT2D eigenvalue weighted by Gasteiger charge is 2.38. The topological polar surface area (TPSA) is 63.6 Å². The van der Waals surface area contributed by atoms with Crippen molar-refractivity contribution in [1.82, 2.24) is 0 Å². The van der Waals surface area contributed by atoms with Crippen molar-refractivity contribution in [2.24, 2.45) is 0 Å². The molecule has 1 heterocycles. The molecule has 0 radical (unpaired) electrons. The average Bonchev–Trinajstić information content (AvgIpc) is 2.81. The zero-order valence-corrected chi connectivity index (χ0v) is 10.9. The minimum Gasteiger partial charge on any atom is -0.475 e. The van der Waals surface area contributed by atoms with E-state index < -0.39 is 12.1 Å². The number of halogens is 3. The van der Waals surface area contributed by atoms with E-state index in [2.05, 4.69) is 4.74 Å². The fourth-order valence-electron chi connectivity index (χ4n) is 1.24. The molecule has 0 spiro atoms. The Morgan fingerprint density at radius 1 is 1.25 bits per heavy atom. The molecule has 2 aromatic rings. The Morgan fingerprint density at radius 2 is 1.80 bits per heavy atom. The lowest BCUT2D eigenvalue weighted by Crippen LogP contribution is -2.21. The molecule has 0 amide bonds. The number of esters is 1. The maximum Gasteiger partial charge on any atom is 0.490 e. The lowest BCUT2D eigenvalue weighted by Gasteiger charge is -1.95. The first-order valence-electron chi connectivity index (χ1n) is 5.12. The summed E-state index contributed by atoms with van der Waals surface area (Å²) in [7, 11) is 1.40. The van der Waals surface area contributed by atoms with Gasteiger partial charge in [-0.05, 0) is 10.8 Å². The molecule has 0 bridgehead atoms. The Hall–Kier alpha value is -2.09. The minimum absolute atomic E-state index is 0.258. The average molecular weight is 306 g/mol. The number of methoxy groups -OCH3 is 1. The number of fused-ring (bicyclic) bond motifs is 1. The molecule has 2 rings (SSSR count). The van der Waals surface area contributed by atoms with Gasteiger partial charge in [0, 0.05) is 5.39 Å². The van der Waals surface area contributed by atoms with E-state index in [1.165, 1.54) is 18.4 Å². The van der Waals surface area contributed by atoms with E-state index in [1.807, 2.05) is 29.6 Å². The van der Waals surface area contributed by atoms with Crippen LogP contribution in [0.25, 0.3) is 10.8 Å². The number of carbonyl (C=O) groups excluding carboxylic acids is 1. The van der Waals surface area contributed by atoms with Gasteiger partial charge in [0.2, 0.25) is 0 Å². The van der Waals surface area contributed by atoms with Crippen LogP contribution in [-0.4, -0.2) is 30.3 Å². The molecule has 0 unspecified atom stereocenters. The van der Waals surface area contributed by atoms with Gasteiger partial charge in [-0.3, -0.25) is 0 Å². The molecule has 4 nitrogen and oxygen atoms in total. The van der Waals surface area contributed by atoms with Gasteiger partial charge in [-0.25, -0.2) is 9.59 Å². The number of rotatable bonds is 1. The fourth-order valence-corrected chi connectivity index (χ4v) is 2.19. The smallest absolute Gasteiger partial charge is 0.475 e. The van der Waals surface area contributed by atoms with Gasteiger partial charge in [0.15, 0.2) is 0 Å². The predicted molar refractivity (Wildman–Crippen MR) is 66.9 cm³/mol. The van der Waals surface area contributed by atoms with Crippen LogP contribution in [0.4, 0.5) is 13.2 Å². The maximum absolute atomic E-state index is 11.3. The molecule has 1 aromatic carbocycles. The summed E-state index contributed by atoms with van der Waals surface area (Å²) in [5, 5.41) is 11.1. The van der Waals surface area contributed by atoms with Crippen molar-refractivity contribution in [1.29, 1.82) is 0 Å². The third-order valence-electron chi connectivity index (χ3n) is 2.12. The highest BCUT2D eigenvalue weighted by Crippen LogP contribution is 2.25. The molecule has 0 saturated heterocycles. The molecule has 0 saturated carbocycles. The number of aliphatic carboxylic acids is 1. The molecule has 108 valence electrons. The van der Waals surface area contributed by atoms with E-state index in [0.717, 1.165) is 10.8 Å². The summed E-state index contributed by atoms with van der Waals surface area (Å²) in [6.45, 7) is 0.